The summed E-state index contributed by atoms with van der Waals surface area (Å²) in [7, 11) is 0. The van der Waals surface area contributed by atoms with Gasteiger partial charge < -0.3 is 10.5 Å². The first-order chi connectivity index (χ1) is 8.08. The van der Waals surface area contributed by atoms with E-state index in [0.29, 0.717) is 4.47 Å². The third-order valence-corrected chi connectivity index (χ3v) is 2.62. The van der Waals surface area contributed by atoms with Crippen LogP contribution in [0.25, 0.3) is 0 Å². The zero-order valence-corrected chi connectivity index (χ0v) is 10.2. The van der Waals surface area contributed by atoms with E-state index < -0.39 is 11.6 Å². The molecule has 0 amide bonds. The summed E-state index contributed by atoms with van der Waals surface area (Å²) < 4.78 is 32.4. The third kappa shape index (κ3) is 2.55. The van der Waals surface area contributed by atoms with E-state index in [-0.39, 0.29) is 17.2 Å². The van der Waals surface area contributed by atoms with Gasteiger partial charge >= 0.3 is 0 Å². The highest BCUT2D eigenvalue weighted by atomic mass is 79.9. The Balaban J connectivity index is 2.35. The van der Waals surface area contributed by atoms with Gasteiger partial charge in [0.05, 0.1) is 0 Å². The van der Waals surface area contributed by atoms with E-state index in [1.165, 1.54) is 30.3 Å². The van der Waals surface area contributed by atoms with Gasteiger partial charge in [0.15, 0.2) is 17.3 Å². The van der Waals surface area contributed by atoms with Crippen LogP contribution in [0.5, 0.6) is 11.5 Å². The second-order valence-electron chi connectivity index (χ2n) is 3.33. The molecule has 0 aliphatic carbocycles. The Morgan fingerprint density at radius 2 is 1.76 bits per heavy atom. The van der Waals surface area contributed by atoms with Gasteiger partial charge in [-0.25, -0.2) is 8.78 Å². The molecule has 2 nitrogen and oxygen atoms in total. The molecule has 2 N–H and O–H groups in total. The van der Waals surface area contributed by atoms with Gasteiger partial charge in [-0.05, 0) is 30.3 Å². The number of benzene rings is 2. The van der Waals surface area contributed by atoms with Crippen LogP contribution in [0, 0.1) is 11.6 Å². The number of anilines is 1. The molecule has 0 unspecified atom stereocenters. The van der Waals surface area contributed by atoms with Crippen molar-refractivity contribution in [2.45, 2.75) is 0 Å². The van der Waals surface area contributed by atoms with Crippen molar-refractivity contribution in [3.63, 3.8) is 0 Å². The van der Waals surface area contributed by atoms with E-state index in [4.69, 9.17) is 10.5 Å². The van der Waals surface area contributed by atoms with Crippen LogP contribution in [-0.2, 0) is 0 Å². The van der Waals surface area contributed by atoms with Crippen LogP contribution in [-0.4, -0.2) is 0 Å². The summed E-state index contributed by atoms with van der Waals surface area (Å²) >= 11 is 3.13. The van der Waals surface area contributed by atoms with Crippen molar-refractivity contribution in [2.75, 3.05) is 5.73 Å². The van der Waals surface area contributed by atoms with E-state index in [1.54, 1.807) is 6.07 Å². The average Bonchev–Trinajstić information content (AvgIpc) is 2.28. The van der Waals surface area contributed by atoms with Crippen LogP contribution in [0.2, 0.25) is 0 Å². The van der Waals surface area contributed by atoms with Crippen LogP contribution >= 0.6 is 15.9 Å². The Morgan fingerprint density at radius 1 is 1.00 bits per heavy atom. The normalized spacial score (nSPS) is 10.3. The van der Waals surface area contributed by atoms with Crippen molar-refractivity contribution in [1.29, 1.82) is 0 Å². The van der Waals surface area contributed by atoms with Gasteiger partial charge in [0.2, 0.25) is 0 Å². The first kappa shape index (κ1) is 11.9. The minimum Gasteiger partial charge on any atom is -0.452 e. The number of nitrogens with two attached hydrogens (primary N) is 1. The molecule has 17 heavy (non-hydrogen) atoms. The van der Waals surface area contributed by atoms with Crippen molar-refractivity contribution in [2.24, 2.45) is 0 Å². The molecule has 0 aliphatic heterocycles. The van der Waals surface area contributed by atoms with Crippen molar-refractivity contribution < 1.29 is 13.5 Å². The lowest BCUT2D eigenvalue weighted by Gasteiger charge is -2.09. The Labute approximate surface area is 105 Å². The Morgan fingerprint density at radius 3 is 2.47 bits per heavy atom. The molecule has 0 atom stereocenters. The van der Waals surface area contributed by atoms with E-state index in [2.05, 4.69) is 15.9 Å². The highest BCUT2D eigenvalue weighted by molar-refractivity contribution is 9.10. The van der Waals surface area contributed by atoms with Gasteiger partial charge in [-0.2, -0.15) is 0 Å². The number of rotatable bonds is 2. The zero-order valence-electron chi connectivity index (χ0n) is 8.58. The van der Waals surface area contributed by atoms with Crippen molar-refractivity contribution in [3.05, 3.63) is 52.5 Å². The lowest BCUT2D eigenvalue weighted by Crippen LogP contribution is -1.96. The Bertz CT molecular complexity index is 560. The molecule has 2 aromatic carbocycles. The molecule has 0 fully saturated rings. The summed E-state index contributed by atoms with van der Waals surface area (Å²) in [6, 6.07) is 8.43. The molecule has 88 valence electrons. The number of hydrogen-bond acceptors (Lipinski definition) is 2. The van der Waals surface area contributed by atoms with Crippen LogP contribution in [0.15, 0.2) is 40.9 Å². The number of nitrogen functional groups attached to an aromatic ring is 1. The lowest BCUT2D eigenvalue weighted by atomic mass is 10.3. The first-order valence-corrected chi connectivity index (χ1v) is 5.54. The number of halogens is 3. The van der Waals surface area contributed by atoms with Crippen LogP contribution in [0.3, 0.4) is 0 Å². The minimum absolute atomic E-state index is 0.00880. The molecule has 0 heterocycles. The molecule has 0 saturated heterocycles. The molecule has 2 rings (SSSR count). The van der Waals surface area contributed by atoms with Crippen molar-refractivity contribution in [1.82, 2.24) is 0 Å². The summed E-state index contributed by atoms with van der Waals surface area (Å²) in [6.07, 6.45) is 0. The summed E-state index contributed by atoms with van der Waals surface area (Å²) in [4.78, 5) is 0. The van der Waals surface area contributed by atoms with E-state index in [1.807, 2.05) is 0 Å². The quantitative estimate of drug-likeness (QED) is 0.847. The topological polar surface area (TPSA) is 35.2 Å². The molecule has 0 saturated carbocycles. The predicted octanol–water partition coefficient (Wildman–Crippen LogP) is 4.10. The molecular weight excluding hydrogens is 292 g/mol. The van der Waals surface area contributed by atoms with E-state index in [9.17, 15) is 8.78 Å². The van der Waals surface area contributed by atoms with Crippen molar-refractivity contribution in [3.8, 4) is 11.5 Å². The van der Waals surface area contributed by atoms with Gasteiger partial charge in [-0.1, -0.05) is 22.0 Å². The van der Waals surface area contributed by atoms with Gasteiger partial charge in [-0.15, -0.1) is 0 Å². The van der Waals surface area contributed by atoms with Gasteiger partial charge in [0.1, 0.15) is 11.5 Å². The maximum absolute atomic E-state index is 13.5. The second kappa shape index (κ2) is 4.71. The smallest absolute Gasteiger partial charge is 0.166 e. The molecule has 5 heteroatoms. The first-order valence-electron chi connectivity index (χ1n) is 4.75. The third-order valence-electron chi connectivity index (χ3n) is 2.13. The molecule has 0 aromatic heterocycles. The predicted molar refractivity (Wildman–Crippen MR) is 65.0 cm³/mol. The molecular formula is C12H8BrF2NO. The maximum Gasteiger partial charge on any atom is 0.166 e. The number of ether oxygens (including phenoxy) is 1. The number of hydrogen-bond donors (Lipinski definition) is 1. The summed E-state index contributed by atoms with van der Waals surface area (Å²) in [5.74, 6) is -1.07. The van der Waals surface area contributed by atoms with Gasteiger partial charge in [0.25, 0.3) is 0 Å². The van der Waals surface area contributed by atoms with E-state index in [0.717, 1.165) is 0 Å². The highest BCUT2D eigenvalue weighted by Gasteiger charge is 2.09. The Kier molecular flexibility index (Phi) is 3.28. The highest BCUT2D eigenvalue weighted by Crippen LogP contribution is 2.31. The SMILES string of the molecule is Nc1c(F)cccc1Oc1ccc(Br)cc1F. The summed E-state index contributed by atoms with van der Waals surface area (Å²) in [6.45, 7) is 0. The fourth-order valence-electron chi connectivity index (χ4n) is 1.28. The average molecular weight is 300 g/mol. The second-order valence-corrected chi connectivity index (χ2v) is 4.24. The van der Waals surface area contributed by atoms with Gasteiger partial charge in [0, 0.05) is 4.47 Å². The molecule has 0 bridgehead atoms. The lowest BCUT2D eigenvalue weighted by molar-refractivity contribution is 0.441. The largest absolute Gasteiger partial charge is 0.452 e. The molecule has 0 spiro atoms. The van der Waals surface area contributed by atoms with E-state index >= 15 is 0 Å². The minimum atomic E-state index is -0.597. The van der Waals surface area contributed by atoms with Crippen LogP contribution < -0.4 is 10.5 Å². The molecule has 2 aromatic rings. The van der Waals surface area contributed by atoms with Crippen molar-refractivity contribution >= 4 is 21.6 Å². The summed E-state index contributed by atoms with van der Waals surface area (Å²) in [5, 5.41) is 0. The molecule has 0 radical (unpaired) electrons. The van der Waals surface area contributed by atoms with Gasteiger partial charge in [-0.3, -0.25) is 0 Å². The molecule has 0 aliphatic rings. The summed E-state index contributed by atoms with van der Waals surface area (Å²) in [5.41, 5.74) is 5.34. The fraction of sp³-hybridized carbons (Fsp3) is 0. The zero-order chi connectivity index (χ0) is 12.4. The number of para-hydroxylation sites is 1. The van der Waals surface area contributed by atoms with Crippen LogP contribution in [0.4, 0.5) is 14.5 Å². The van der Waals surface area contributed by atoms with Crippen LogP contribution in [0.1, 0.15) is 0 Å². The Hall–Kier alpha value is -1.62. The standard InChI is InChI=1S/C12H8BrF2NO/c13-7-4-5-10(9(15)6-7)17-11-3-1-2-8(14)12(11)16/h1-6H,16H2. The maximum atomic E-state index is 13.5. The fourth-order valence-corrected chi connectivity index (χ4v) is 1.62. The monoisotopic (exact) mass is 299 g/mol.